The summed E-state index contributed by atoms with van der Waals surface area (Å²) < 4.78 is 2.15. The summed E-state index contributed by atoms with van der Waals surface area (Å²) in [5, 5.41) is 7.86. The van der Waals surface area contributed by atoms with Gasteiger partial charge in [0.2, 0.25) is 0 Å². The van der Waals surface area contributed by atoms with Crippen molar-refractivity contribution in [3.63, 3.8) is 0 Å². The van der Waals surface area contributed by atoms with Crippen LogP contribution in [0.25, 0.3) is 0 Å². The predicted octanol–water partition coefficient (Wildman–Crippen LogP) is 4.04. The lowest BCUT2D eigenvalue weighted by atomic mass is 9.83. The minimum absolute atomic E-state index is 0.0439. The van der Waals surface area contributed by atoms with Gasteiger partial charge in [-0.3, -0.25) is 4.79 Å². The molecule has 0 aromatic carbocycles. The second-order valence-electron chi connectivity index (χ2n) is 6.46. The molecule has 118 valence electrons. The third-order valence-corrected chi connectivity index (χ3v) is 5.06. The molecule has 0 radical (unpaired) electrons. The molecule has 5 heteroatoms. The van der Waals surface area contributed by atoms with Gasteiger partial charge in [-0.15, -0.1) is 0 Å². The fraction of sp³-hybridized carbons (Fsp3) is 0.750. The first-order valence-electron chi connectivity index (χ1n) is 8.05. The lowest BCUT2D eigenvalue weighted by molar-refractivity contribution is 0.317. The molecular formula is C16H26BrN3O. The highest BCUT2D eigenvalue weighted by molar-refractivity contribution is 9.10. The molecule has 0 aliphatic heterocycles. The monoisotopic (exact) mass is 355 g/mol. The van der Waals surface area contributed by atoms with Gasteiger partial charge in [0.1, 0.15) is 4.47 Å². The maximum absolute atomic E-state index is 12.3. The molecule has 0 spiro atoms. The van der Waals surface area contributed by atoms with E-state index in [0.29, 0.717) is 28.9 Å². The number of nitrogens with one attached hydrogen (secondary N) is 1. The molecule has 4 nitrogen and oxygen atoms in total. The van der Waals surface area contributed by atoms with Crippen LogP contribution in [0.2, 0.25) is 0 Å². The second kappa shape index (κ2) is 7.43. The molecule has 0 bridgehead atoms. The fourth-order valence-electron chi connectivity index (χ4n) is 3.13. The smallest absolute Gasteiger partial charge is 0.283 e. The van der Waals surface area contributed by atoms with E-state index in [1.165, 1.54) is 36.8 Å². The van der Waals surface area contributed by atoms with Gasteiger partial charge in [0.05, 0.1) is 11.9 Å². The van der Waals surface area contributed by atoms with E-state index >= 15 is 0 Å². The van der Waals surface area contributed by atoms with Crippen molar-refractivity contribution in [2.45, 2.75) is 65.5 Å². The Hall–Kier alpha value is -0.840. The van der Waals surface area contributed by atoms with Crippen LogP contribution in [0.4, 0.5) is 5.69 Å². The average Bonchev–Trinajstić information content (AvgIpc) is 2.47. The number of rotatable bonds is 5. The van der Waals surface area contributed by atoms with Crippen molar-refractivity contribution in [1.29, 1.82) is 0 Å². The highest BCUT2D eigenvalue weighted by Gasteiger charge is 2.24. The van der Waals surface area contributed by atoms with Crippen molar-refractivity contribution in [2.75, 3.05) is 5.32 Å². The van der Waals surface area contributed by atoms with Crippen molar-refractivity contribution in [3.8, 4) is 0 Å². The second-order valence-corrected chi connectivity index (χ2v) is 7.25. The van der Waals surface area contributed by atoms with Gasteiger partial charge < -0.3 is 5.32 Å². The average molecular weight is 356 g/mol. The molecule has 1 N–H and O–H groups in total. The van der Waals surface area contributed by atoms with Gasteiger partial charge in [0, 0.05) is 12.6 Å². The van der Waals surface area contributed by atoms with Crippen molar-refractivity contribution in [3.05, 3.63) is 21.0 Å². The predicted molar refractivity (Wildman–Crippen MR) is 90.7 cm³/mol. The number of halogens is 1. The lowest BCUT2D eigenvalue weighted by Gasteiger charge is -2.32. The number of hydrogen-bond acceptors (Lipinski definition) is 3. The summed E-state index contributed by atoms with van der Waals surface area (Å²) in [7, 11) is 0. The molecule has 1 fully saturated rings. The first kappa shape index (κ1) is 16.5. The van der Waals surface area contributed by atoms with E-state index in [9.17, 15) is 4.79 Å². The Balaban J connectivity index is 2.17. The normalized spacial score (nSPS) is 22.5. The molecule has 1 aromatic rings. The maximum atomic E-state index is 12.3. The zero-order valence-electron chi connectivity index (χ0n) is 13.2. The van der Waals surface area contributed by atoms with Crippen LogP contribution >= 0.6 is 15.9 Å². The largest absolute Gasteiger partial charge is 0.380 e. The number of aromatic nitrogens is 2. The molecular weight excluding hydrogens is 330 g/mol. The Bertz CT molecular complexity index is 527. The van der Waals surface area contributed by atoms with Gasteiger partial charge >= 0.3 is 0 Å². The van der Waals surface area contributed by atoms with Crippen LogP contribution in [-0.4, -0.2) is 15.8 Å². The van der Waals surface area contributed by atoms with Crippen molar-refractivity contribution in [1.82, 2.24) is 9.78 Å². The van der Waals surface area contributed by atoms with Gasteiger partial charge in [0.15, 0.2) is 0 Å². The van der Waals surface area contributed by atoms with E-state index in [-0.39, 0.29) is 5.56 Å². The minimum Gasteiger partial charge on any atom is -0.380 e. The van der Waals surface area contributed by atoms with Gasteiger partial charge in [-0.05, 0) is 40.6 Å². The fourth-order valence-corrected chi connectivity index (χ4v) is 3.55. The SMILES string of the molecule is CCC1CCCCC1Nc1cnn(CC(C)C)c(=O)c1Br. The first-order valence-corrected chi connectivity index (χ1v) is 8.84. The molecule has 1 aliphatic rings. The lowest BCUT2D eigenvalue weighted by Crippen LogP contribution is -2.33. The van der Waals surface area contributed by atoms with Crippen molar-refractivity contribution >= 4 is 21.6 Å². The third kappa shape index (κ3) is 4.09. The first-order chi connectivity index (χ1) is 10.0. The molecule has 1 aliphatic carbocycles. The van der Waals surface area contributed by atoms with Crippen molar-refractivity contribution < 1.29 is 0 Å². The zero-order valence-corrected chi connectivity index (χ0v) is 14.8. The van der Waals surface area contributed by atoms with Crippen LogP contribution in [-0.2, 0) is 6.54 Å². The highest BCUT2D eigenvalue weighted by atomic mass is 79.9. The van der Waals surface area contributed by atoms with E-state index in [4.69, 9.17) is 0 Å². The molecule has 0 saturated heterocycles. The summed E-state index contributed by atoms with van der Waals surface area (Å²) in [5.74, 6) is 1.10. The van der Waals surface area contributed by atoms with E-state index in [2.05, 4.69) is 47.1 Å². The summed E-state index contributed by atoms with van der Waals surface area (Å²) in [6.07, 6.45) is 8.03. The van der Waals surface area contributed by atoms with Gasteiger partial charge in [-0.1, -0.05) is 40.0 Å². The molecule has 1 saturated carbocycles. The summed E-state index contributed by atoms with van der Waals surface area (Å²) >= 11 is 3.45. The molecule has 2 unspecified atom stereocenters. The van der Waals surface area contributed by atoms with Crippen LogP contribution < -0.4 is 10.9 Å². The van der Waals surface area contributed by atoms with E-state index in [0.717, 1.165) is 5.69 Å². The van der Waals surface area contributed by atoms with E-state index in [1.807, 2.05) is 0 Å². The zero-order chi connectivity index (χ0) is 15.4. The number of hydrogen-bond donors (Lipinski definition) is 1. The van der Waals surface area contributed by atoms with Gasteiger partial charge in [0.25, 0.3) is 5.56 Å². The molecule has 2 rings (SSSR count). The topological polar surface area (TPSA) is 46.9 Å². The summed E-state index contributed by atoms with van der Waals surface area (Å²) in [6, 6.07) is 0.460. The summed E-state index contributed by atoms with van der Waals surface area (Å²) in [6.45, 7) is 7.07. The van der Waals surface area contributed by atoms with Crippen LogP contribution in [0.3, 0.4) is 0 Å². The Kier molecular flexibility index (Phi) is 5.85. The summed E-state index contributed by atoms with van der Waals surface area (Å²) in [5.41, 5.74) is 0.794. The molecule has 1 aromatic heterocycles. The van der Waals surface area contributed by atoms with Gasteiger partial charge in [-0.2, -0.15) is 5.10 Å². The van der Waals surface area contributed by atoms with Crippen LogP contribution in [0, 0.1) is 11.8 Å². The summed E-state index contributed by atoms with van der Waals surface area (Å²) in [4.78, 5) is 12.3. The molecule has 21 heavy (non-hydrogen) atoms. The van der Waals surface area contributed by atoms with Crippen LogP contribution in [0.15, 0.2) is 15.5 Å². The third-order valence-electron chi connectivity index (χ3n) is 4.30. The van der Waals surface area contributed by atoms with E-state index < -0.39 is 0 Å². The molecule has 1 heterocycles. The number of anilines is 1. The number of nitrogens with zero attached hydrogens (tertiary/aromatic N) is 2. The Morgan fingerprint density at radius 2 is 2.14 bits per heavy atom. The maximum Gasteiger partial charge on any atom is 0.283 e. The van der Waals surface area contributed by atoms with Crippen LogP contribution in [0.5, 0.6) is 0 Å². The van der Waals surface area contributed by atoms with Crippen molar-refractivity contribution in [2.24, 2.45) is 11.8 Å². The highest BCUT2D eigenvalue weighted by Crippen LogP contribution is 2.30. The van der Waals surface area contributed by atoms with Gasteiger partial charge in [-0.25, -0.2) is 4.68 Å². The standard InChI is InChI=1S/C16H26BrN3O/c1-4-12-7-5-6-8-13(12)19-14-9-18-20(10-11(2)3)16(21)15(14)17/h9,11-13,19H,4-8,10H2,1-3H3. The molecule has 0 amide bonds. The Morgan fingerprint density at radius 1 is 1.43 bits per heavy atom. The Labute approximate surface area is 135 Å². The van der Waals surface area contributed by atoms with E-state index in [1.54, 1.807) is 6.20 Å². The van der Waals surface area contributed by atoms with Crippen LogP contribution in [0.1, 0.15) is 52.9 Å². The minimum atomic E-state index is -0.0439. The molecule has 2 atom stereocenters. The quantitative estimate of drug-likeness (QED) is 0.866. The Morgan fingerprint density at radius 3 is 2.81 bits per heavy atom.